The van der Waals surface area contributed by atoms with Gasteiger partial charge in [-0.25, -0.2) is 0 Å². The maximum Gasteiger partial charge on any atom is 0.0631 e. The summed E-state index contributed by atoms with van der Waals surface area (Å²) >= 11 is 0. The van der Waals surface area contributed by atoms with Crippen LogP contribution in [0.2, 0.25) is 0 Å². The molecule has 0 spiro atoms. The first-order chi connectivity index (χ1) is 51.4. The van der Waals surface area contributed by atoms with Crippen molar-refractivity contribution < 1.29 is 0 Å². The predicted octanol–water partition coefficient (Wildman–Crippen LogP) is 26.4. The lowest BCUT2D eigenvalue weighted by atomic mass is 9.62. The van der Waals surface area contributed by atoms with Crippen molar-refractivity contribution in [3.63, 3.8) is 0 Å². The zero-order chi connectivity index (χ0) is 72.8. The van der Waals surface area contributed by atoms with E-state index in [4.69, 9.17) is 42.5 Å². The lowest BCUT2D eigenvalue weighted by molar-refractivity contribution is 0.0367. The van der Waals surface area contributed by atoms with Crippen molar-refractivity contribution >= 4 is 0 Å². The fourth-order valence-electron chi connectivity index (χ4n) is 25.6. The van der Waals surface area contributed by atoms with Gasteiger partial charge in [0, 0.05) is 0 Å². The summed E-state index contributed by atoms with van der Waals surface area (Å²) in [6, 6.07) is 0. The first-order valence-corrected chi connectivity index (χ1v) is 49.5. The number of nitrogens with one attached hydrogen (secondary N) is 8. The molecule has 8 N–H and O–H groups in total. The van der Waals surface area contributed by atoms with Crippen LogP contribution in [0.3, 0.4) is 0 Å². The van der Waals surface area contributed by atoms with Crippen molar-refractivity contribution in [1.29, 1.82) is 0 Å². The van der Waals surface area contributed by atoms with E-state index in [9.17, 15) is 0 Å². The molecule has 0 amide bonds. The van der Waals surface area contributed by atoms with E-state index in [1.807, 2.05) is 0 Å². The Balaban J connectivity index is 1.16. The Morgan fingerprint density at radius 2 is 0.231 bits per heavy atom. The second-order valence-corrected chi connectivity index (χ2v) is 38.6. The van der Waals surface area contributed by atoms with Crippen molar-refractivity contribution in [2.24, 2.45) is 94.7 Å². The molecule has 5 heterocycles. The minimum absolute atomic E-state index is 0.325. The molecule has 9 rings (SSSR count). The Morgan fingerprint density at radius 1 is 0.135 bits per heavy atom. The van der Waals surface area contributed by atoms with Crippen LogP contribution in [0.5, 0.6) is 0 Å². The Kier molecular flexibility index (Phi) is 43.3. The molecular weight excluding hydrogens is 1270 g/mol. The Hall–Kier alpha value is -0.320. The molecule has 104 heavy (non-hydrogen) atoms. The summed E-state index contributed by atoms with van der Waals surface area (Å²) in [5.74, 6) is 11.6. The first-order valence-electron chi connectivity index (χ1n) is 49.5. The van der Waals surface area contributed by atoms with Crippen LogP contribution in [-0.2, 0) is 0 Å². The van der Waals surface area contributed by atoms with Crippen LogP contribution in [-0.4, -0.2) is 49.3 Å². The molecule has 9 aliphatic rings. The number of fused-ring (bicyclic) bond motifs is 20. The third-order valence-corrected chi connectivity index (χ3v) is 31.1. The highest BCUT2D eigenvalue weighted by Gasteiger charge is 2.61. The first kappa shape index (κ1) is 87.6. The molecule has 608 valence electrons. The second-order valence-electron chi connectivity index (χ2n) is 38.6. The van der Waals surface area contributed by atoms with E-state index < -0.39 is 0 Å². The topological polar surface area (TPSA) is 96.2 Å². The van der Waals surface area contributed by atoms with Gasteiger partial charge in [-0.2, -0.15) is 0 Å². The van der Waals surface area contributed by atoms with E-state index in [0.717, 1.165) is 47.3 Å². The SMILES string of the molecule is CCCCCCCCC1CCC(CCCCCCCC)C2C3NC(NC4NC(NC5NC(NC6NC(N3)C3C(CCCCCCCC)CCC(CCCCCCCC)C63)C3C(CCCCCCCC)CCC(CCCCCCCC)C53)C3C(CCCCCCCC)CCC(CCCCCCCC)C43)C12. The number of unbranched alkanes of at least 4 members (excludes halogenated alkanes) is 40. The van der Waals surface area contributed by atoms with Crippen LogP contribution in [0, 0.1) is 94.7 Å². The largest absolute Gasteiger partial charge is 0.286 e. The van der Waals surface area contributed by atoms with Crippen molar-refractivity contribution in [2.45, 2.75) is 516 Å². The smallest absolute Gasteiger partial charge is 0.0631 e. The summed E-state index contributed by atoms with van der Waals surface area (Å²) in [5.41, 5.74) is 0. The molecule has 9 fully saturated rings. The van der Waals surface area contributed by atoms with Gasteiger partial charge in [-0.1, -0.05) is 415 Å². The van der Waals surface area contributed by atoms with Crippen molar-refractivity contribution in [2.75, 3.05) is 0 Å². The Morgan fingerprint density at radius 3 is 0.337 bits per heavy atom. The fraction of sp³-hybridized carbons (Fsp3) is 1.00. The van der Waals surface area contributed by atoms with Gasteiger partial charge < -0.3 is 0 Å². The number of hydrogen-bond donors (Lipinski definition) is 8. The van der Waals surface area contributed by atoms with Crippen LogP contribution >= 0.6 is 0 Å². The zero-order valence-corrected chi connectivity index (χ0v) is 71.1. The molecule has 0 aromatic carbocycles. The Bertz CT molecular complexity index is 1680. The van der Waals surface area contributed by atoms with Gasteiger partial charge >= 0.3 is 0 Å². The molecule has 8 heteroatoms. The van der Waals surface area contributed by atoms with E-state index in [1.54, 1.807) is 0 Å². The van der Waals surface area contributed by atoms with Gasteiger partial charge in [0.15, 0.2) is 0 Å². The molecule has 0 radical (unpaired) electrons. The number of hydrogen-bond acceptors (Lipinski definition) is 8. The monoisotopic (exact) mass is 1450 g/mol. The molecule has 0 aromatic heterocycles. The van der Waals surface area contributed by atoms with Gasteiger partial charge in [-0.05, 0) is 146 Å². The third-order valence-electron chi connectivity index (χ3n) is 31.1. The molecule has 4 aliphatic carbocycles. The number of rotatable bonds is 56. The summed E-state index contributed by atoms with van der Waals surface area (Å²) in [5, 5.41) is 39.5. The molecule has 16 unspecified atom stereocenters. The summed E-state index contributed by atoms with van der Waals surface area (Å²) in [6.45, 7) is 19.3. The molecule has 4 saturated carbocycles. The summed E-state index contributed by atoms with van der Waals surface area (Å²) in [7, 11) is 0. The maximum atomic E-state index is 4.99. The summed E-state index contributed by atoms with van der Waals surface area (Å²) in [4.78, 5) is 0. The lowest BCUT2D eigenvalue weighted by Crippen LogP contribution is -2.62. The molecule has 8 bridgehead atoms. The van der Waals surface area contributed by atoms with Gasteiger partial charge in [0.2, 0.25) is 0 Å². The van der Waals surface area contributed by atoms with Gasteiger partial charge in [0.05, 0.1) is 49.3 Å². The molecule has 8 nitrogen and oxygen atoms in total. The third kappa shape index (κ3) is 26.9. The summed E-state index contributed by atoms with van der Waals surface area (Å²) < 4.78 is 0. The van der Waals surface area contributed by atoms with Gasteiger partial charge in [-0.3, -0.25) is 42.5 Å². The average Bonchev–Trinajstić information content (AvgIpc) is 1.58. The van der Waals surface area contributed by atoms with Gasteiger partial charge in [0.1, 0.15) is 0 Å². The fourth-order valence-corrected chi connectivity index (χ4v) is 25.6. The van der Waals surface area contributed by atoms with E-state index in [2.05, 4.69) is 55.4 Å². The summed E-state index contributed by atoms with van der Waals surface area (Å²) in [6.07, 6.45) is 93.7. The minimum atomic E-state index is 0.325. The normalized spacial score (nSPS) is 35.3. The van der Waals surface area contributed by atoms with E-state index in [-0.39, 0.29) is 0 Å². The highest BCUT2D eigenvalue weighted by atomic mass is 15.4. The maximum absolute atomic E-state index is 4.99. The van der Waals surface area contributed by atoms with E-state index in [0.29, 0.717) is 96.7 Å². The molecule has 16 atom stereocenters. The lowest BCUT2D eigenvalue weighted by Gasteiger charge is -2.46. The predicted molar refractivity (Wildman–Crippen MR) is 452 cm³/mol. The van der Waals surface area contributed by atoms with Crippen molar-refractivity contribution in [3.05, 3.63) is 0 Å². The quantitative estimate of drug-likeness (QED) is 0.0286. The molecule has 0 aromatic rings. The zero-order valence-electron chi connectivity index (χ0n) is 71.1. The second kappa shape index (κ2) is 51.4. The average molecular weight is 1450 g/mol. The van der Waals surface area contributed by atoms with Crippen LogP contribution in [0.1, 0.15) is 466 Å². The molecular formula is C96H184N8. The minimum Gasteiger partial charge on any atom is -0.286 e. The van der Waals surface area contributed by atoms with Crippen LogP contribution < -0.4 is 42.5 Å². The standard InChI is InChI=1S/C96H184N8/c1-9-17-25-33-41-49-57-73-65-66-74(58-50-42-34-26-18-10-2)82-81(73)89-97-90(82)102-92-85-77(61-53-45-37-29-21-13-5)69-70-78(62-54-46-38-30-22-14-6)86(85)94(99-92)104-96-88-80(64-56-48-40-32-24-16-8)72-71-79(63-55-47-39-31-23-15-7)87(88)95(100-96)103-93-84-76(60-52-44-36-28-20-12-4)68-67-75(83(84)91(98-93)101-89)59-51-43-35-27-19-11-3/h73-104H,9-72H2,1-8H3. The van der Waals surface area contributed by atoms with E-state index in [1.165, 1.54) is 411 Å². The Labute approximate surface area is 649 Å². The van der Waals surface area contributed by atoms with Gasteiger partial charge in [-0.15, -0.1) is 0 Å². The van der Waals surface area contributed by atoms with Crippen LogP contribution in [0.15, 0.2) is 0 Å². The molecule has 5 aliphatic heterocycles. The van der Waals surface area contributed by atoms with E-state index >= 15 is 0 Å². The van der Waals surface area contributed by atoms with Crippen LogP contribution in [0.4, 0.5) is 0 Å². The highest BCUT2D eigenvalue weighted by Crippen LogP contribution is 2.56. The van der Waals surface area contributed by atoms with Crippen LogP contribution in [0.25, 0.3) is 0 Å². The van der Waals surface area contributed by atoms with Crippen molar-refractivity contribution in [1.82, 2.24) is 42.5 Å². The van der Waals surface area contributed by atoms with Gasteiger partial charge in [0.25, 0.3) is 0 Å². The highest BCUT2D eigenvalue weighted by molar-refractivity contribution is 5.14. The van der Waals surface area contributed by atoms with Crippen molar-refractivity contribution in [3.8, 4) is 0 Å². The molecule has 5 saturated heterocycles.